The molecule has 0 aliphatic heterocycles. The Morgan fingerprint density at radius 2 is 1.92 bits per heavy atom. The van der Waals surface area contributed by atoms with Crippen LogP contribution in [0.5, 0.6) is 5.75 Å². The lowest BCUT2D eigenvalue weighted by Gasteiger charge is -2.13. The van der Waals surface area contributed by atoms with Gasteiger partial charge in [0.05, 0.1) is 12.3 Å². The highest BCUT2D eigenvalue weighted by atomic mass is 16.5. The minimum atomic E-state index is -0.107. The minimum absolute atomic E-state index is 0.107. The first-order chi connectivity index (χ1) is 12.7. The molecule has 5 nitrogen and oxygen atoms in total. The molecule has 0 aliphatic carbocycles. The van der Waals surface area contributed by atoms with Crippen molar-refractivity contribution in [2.45, 2.75) is 26.8 Å². The van der Waals surface area contributed by atoms with Crippen molar-refractivity contribution in [3.05, 3.63) is 77.9 Å². The van der Waals surface area contributed by atoms with Crippen LogP contribution in [0.2, 0.25) is 0 Å². The van der Waals surface area contributed by atoms with E-state index >= 15 is 0 Å². The molecule has 0 saturated heterocycles. The van der Waals surface area contributed by atoms with Crippen LogP contribution in [0.25, 0.3) is 5.69 Å². The third-order valence-corrected chi connectivity index (χ3v) is 4.11. The fourth-order valence-corrected chi connectivity index (χ4v) is 2.73. The van der Waals surface area contributed by atoms with Gasteiger partial charge >= 0.3 is 0 Å². The maximum atomic E-state index is 12.4. The van der Waals surface area contributed by atoms with E-state index in [0.717, 1.165) is 29.2 Å². The normalized spacial score (nSPS) is 10.5. The fourth-order valence-electron chi connectivity index (χ4n) is 2.73. The van der Waals surface area contributed by atoms with E-state index in [4.69, 9.17) is 4.74 Å². The number of hydrogen-bond acceptors (Lipinski definition) is 3. The molecular weight excluding hydrogens is 326 g/mol. The Balaban J connectivity index is 1.68. The topological polar surface area (TPSA) is 56.1 Å². The molecule has 1 amide bonds. The number of imidazole rings is 1. The number of aryl methyl sites for hydroxylation is 1. The summed E-state index contributed by atoms with van der Waals surface area (Å²) >= 11 is 0. The van der Waals surface area contributed by atoms with Gasteiger partial charge in [0.2, 0.25) is 0 Å². The second-order valence-corrected chi connectivity index (χ2v) is 6.03. The number of nitrogens with one attached hydrogen (secondary N) is 1. The summed E-state index contributed by atoms with van der Waals surface area (Å²) < 4.78 is 7.56. The van der Waals surface area contributed by atoms with Gasteiger partial charge in [-0.25, -0.2) is 4.98 Å². The van der Waals surface area contributed by atoms with E-state index in [1.165, 1.54) is 0 Å². The van der Waals surface area contributed by atoms with Gasteiger partial charge in [-0.1, -0.05) is 25.1 Å². The summed E-state index contributed by atoms with van der Waals surface area (Å²) in [5.41, 5.74) is 2.67. The third-order valence-electron chi connectivity index (χ3n) is 4.11. The van der Waals surface area contributed by atoms with Crippen molar-refractivity contribution in [3.8, 4) is 11.4 Å². The quantitative estimate of drug-likeness (QED) is 0.704. The van der Waals surface area contributed by atoms with Crippen molar-refractivity contribution in [2.24, 2.45) is 0 Å². The maximum Gasteiger partial charge on any atom is 0.251 e. The van der Waals surface area contributed by atoms with Crippen molar-refractivity contribution >= 4 is 5.91 Å². The van der Waals surface area contributed by atoms with Crippen molar-refractivity contribution in [2.75, 3.05) is 6.61 Å². The van der Waals surface area contributed by atoms with Crippen LogP contribution in [0.15, 0.2) is 60.9 Å². The molecule has 1 aromatic heterocycles. The molecule has 0 unspecified atom stereocenters. The van der Waals surface area contributed by atoms with E-state index in [1.807, 2.05) is 54.1 Å². The molecule has 0 bridgehead atoms. The van der Waals surface area contributed by atoms with E-state index in [2.05, 4.69) is 17.2 Å². The van der Waals surface area contributed by atoms with E-state index in [9.17, 15) is 4.79 Å². The van der Waals surface area contributed by atoms with Crippen LogP contribution in [0.1, 0.15) is 35.1 Å². The van der Waals surface area contributed by atoms with Crippen molar-refractivity contribution < 1.29 is 9.53 Å². The average molecular weight is 349 g/mol. The Labute approximate surface area is 153 Å². The smallest absolute Gasteiger partial charge is 0.251 e. The number of para-hydroxylation sites is 1. The number of ether oxygens (including phenoxy) is 1. The Bertz CT molecular complexity index is 869. The second-order valence-electron chi connectivity index (χ2n) is 6.03. The molecule has 2 aromatic carbocycles. The molecule has 3 rings (SSSR count). The van der Waals surface area contributed by atoms with Gasteiger partial charge < -0.3 is 14.6 Å². The average Bonchev–Trinajstić information content (AvgIpc) is 3.11. The van der Waals surface area contributed by atoms with Gasteiger partial charge in [0.25, 0.3) is 5.91 Å². The first-order valence-electron chi connectivity index (χ1n) is 8.78. The van der Waals surface area contributed by atoms with Crippen LogP contribution in [-0.2, 0) is 6.54 Å². The summed E-state index contributed by atoms with van der Waals surface area (Å²) in [6.07, 6.45) is 4.65. The molecule has 134 valence electrons. The van der Waals surface area contributed by atoms with E-state index in [1.54, 1.807) is 18.3 Å². The number of carbonyl (C=O) groups excluding carboxylic acids is 1. The standard InChI is InChI=1S/C21H23N3O2/c1-3-14-26-19-10-8-17(9-11-19)21(25)23-15-18-6-4-5-7-20(18)24-13-12-22-16(24)2/h4-13H,3,14-15H2,1-2H3,(H,23,25). The van der Waals surface area contributed by atoms with Crippen molar-refractivity contribution in [3.63, 3.8) is 0 Å². The molecule has 1 heterocycles. The number of hydrogen-bond donors (Lipinski definition) is 1. The number of carbonyl (C=O) groups is 1. The molecule has 3 aromatic rings. The molecule has 0 spiro atoms. The highest BCUT2D eigenvalue weighted by Gasteiger charge is 2.09. The van der Waals surface area contributed by atoms with Crippen LogP contribution >= 0.6 is 0 Å². The van der Waals surface area contributed by atoms with Gasteiger partial charge in [-0.2, -0.15) is 0 Å². The summed E-state index contributed by atoms with van der Waals surface area (Å²) in [6, 6.07) is 15.2. The molecule has 0 saturated carbocycles. The fraction of sp³-hybridized carbons (Fsp3) is 0.238. The largest absolute Gasteiger partial charge is 0.494 e. The van der Waals surface area contributed by atoms with Gasteiger partial charge in [-0.15, -0.1) is 0 Å². The summed E-state index contributed by atoms with van der Waals surface area (Å²) in [7, 11) is 0. The molecule has 0 radical (unpaired) electrons. The summed E-state index contributed by atoms with van der Waals surface area (Å²) in [6.45, 7) is 5.14. The van der Waals surface area contributed by atoms with Crippen LogP contribution in [0, 0.1) is 6.92 Å². The van der Waals surface area contributed by atoms with Crippen LogP contribution in [0.4, 0.5) is 0 Å². The van der Waals surface area contributed by atoms with Crippen LogP contribution < -0.4 is 10.1 Å². The highest BCUT2D eigenvalue weighted by Crippen LogP contribution is 2.17. The molecule has 1 N–H and O–H groups in total. The Morgan fingerprint density at radius 3 is 2.62 bits per heavy atom. The van der Waals surface area contributed by atoms with E-state index in [0.29, 0.717) is 18.7 Å². The maximum absolute atomic E-state index is 12.4. The molecule has 0 atom stereocenters. The zero-order valence-corrected chi connectivity index (χ0v) is 15.1. The number of rotatable bonds is 7. The van der Waals surface area contributed by atoms with Gasteiger partial charge in [0, 0.05) is 24.5 Å². The minimum Gasteiger partial charge on any atom is -0.494 e. The summed E-state index contributed by atoms with van der Waals surface area (Å²) in [5.74, 6) is 1.58. The van der Waals surface area contributed by atoms with Gasteiger partial charge in [0.15, 0.2) is 0 Å². The van der Waals surface area contributed by atoms with Crippen LogP contribution in [0.3, 0.4) is 0 Å². The summed E-state index contributed by atoms with van der Waals surface area (Å²) in [5, 5.41) is 2.99. The summed E-state index contributed by atoms with van der Waals surface area (Å²) in [4.78, 5) is 16.7. The lowest BCUT2D eigenvalue weighted by Crippen LogP contribution is -2.23. The Morgan fingerprint density at radius 1 is 1.15 bits per heavy atom. The predicted octanol–water partition coefficient (Wildman–Crippen LogP) is 3.90. The Hall–Kier alpha value is -3.08. The number of nitrogens with zero attached hydrogens (tertiary/aromatic N) is 2. The van der Waals surface area contributed by atoms with Gasteiger partial charge in [0.1, 0.15) is 11.6 Å². The monoisotopic (exact) mass is 349 g/mol. The zero-order valence-electron chi connectivity index (χ0n) is 15.1. The molecule has 0 fully saturated rings. The second kappa shape index (κ2) is 8.34. The molecule has 26 heavy (non-hydrogen) atoms. The first kappa shape index (κ1) is 17.7. The van der Waals surface area contributed by atoms with E-state index in [-0.39, 0.29) is 5.91 Å². The van der Waals surface area contributed by atoms with Crippen molar-refractivity contribution in [1.29, 1.82) is 0 Å². The third kappa shape index (κ3) is 4.11. The van der Waals surface area contributed by atoms with Gasteiger partial charge in [-0.3, -0.25) is 4.79 Å². The van der Waals surface area contributed by atoms with Crippen LogP contribution in [-0.4, -0.2) is 22.1 Å². The zero-order chi connectivity index (χ0) is 18.4. The highest BCUT2D eigenvalue weighted by molar-refractivity contribution is 5.94. The lowest BCUT2D eigenvalue weighted by molar-refractivity contribution is 0.0951. The van der Waals surface area contributed by atoms with E-state index < -0.39 is 0 Å². The number of aromatic nitrogens is 2. The lowest BCUT2D eigenvalue weighted by atomic mass is 10.1. The Kier molecular flexibility index (Phi) is 5.69. The molecule has 5 heteroatoms. The van der Waals surface area contributed by atoms with Crippen molar-refractivity contribution in [1.82, 2.24) is 14.9 Å². The number of benzene rings is 2. The number of amides is 1. The predicted molar refractivity (Wildman–Crippen MR) is 102 cm³/mol. The molecular formula is C21H23N3O2. The van der Waals surface area contributed by atoms with Gasteiger partial charge in [-0.05, 0) is 49.2 Å². The first-order valence-corrected chi connectivity index (χ1v) is 8.78. The molecule has 0 aliphatic rings. The SMILES string of the molecule is CCCOc1ccc(C(=O)NCc2ccccc2-n2ccnc2C)cc1.